The normalized spacial score (nSPS) is 17.2. The highest BCUT2D eigenvalue weighted by Gasteiger charge is 2.27. The average molecular weight is 342 g/mol. The van der Waals surface area contributed by atoms with Crippen molar-refractivity contribution in [2.24, 2.45) is 0 Å². The smallest absolute Gasteiger partial charge is 0.322 e. The number of ether oxygens (including phenoxy) is 2. The largest absolute Gasteiger partial charge is 0.455 e. The number of morpholine rings is 1. The van der Waals surface area contributed by atoms with E-state index in [9.17, 15) is 9.90 Å². The number of hydrogen-bond acceptors (Lipinski definition) is 4. The third kappa shape index (κ3) is 4.29. The first-order valence-corrected chi connectivity index (χ1v) is 8.27. The van der Waals surface area contributed by atoms with Crippen LogP contribution in [-0.4, -0.2) is 48.4 Å². The molecular formula is C19H22N2O4. The molecule has 6 heteroatoms. The lowest BCUT2D eigenvalue weighted by Crippen LogP contribution is -2.52. The van der Waals surface area contributed by atoms with E-state index in [-0.39, 0.29) is 18.7 Å². The number of anilines is 1. The molecule has 0 aliphatic carbocycles. The van der Waals surface area contributed by atoms with Gasteiger partial charge in [-0.2, -0.15) is 0 Å². The highest BCUT2D eigenvalue weighted by molar-refractivity contribution is 5.91. The van der Waals surface area contributed by atoms with Gasteiger partial charge in [0.1, 0.15) is 5.75 Å². The van der Waals surface area contributed by atoms with Gasteiger partial charge in [0.05, 0.1) is 31.5 Å². The predicted octanol–water partition coefficient (Wildman–Crippen LogP) is 3.01. The van der Waals surface area contributed by atoms with Gasteiger partial charge in [-0.1, -0.05) is 24.3 Å². The molecule has 3 rings (SSSR count). The Morgan fingerprint density at radius 2 is 2.16 bits per heavy atom. The molecule has 0 spiro atoms. The number of carbonyl (C=O) groups is 1. The Morgan fingerprint density at radius 1 is 1.32 bits per heavy atom. The summed E-state index contributed by atoms with van der Waals surface area (Å²) in [5.74, 6) is 1.27. The first-order valence-electron chi connectivity index (χ1n) is 8.27. The van der Waals surface area contributed by atoms with E-state index in [2.05, 4.69) is 5.32 Å². The van der Waals surface area contributed by atoms with Crippen molar-refractivity contribution in [2.45, 2.75) is 13.0 Å². The van der Waals surface area contributed by atoms with Gasteiger partial charge in [0, 0.05) is 6.54 Å². The van der Waals surface area contributed by atoms with Crippen molar-refractivity contribution < 1.29 is 19.4 Å². The third-order valence-electron chi connectivity index (χ3n) is 4.05. The van der Waals surface area contributed by atoms with E-state index in [4.69, 9.17) is 9.47 Å². The minimum atomic E-state index is -0.335. The Labute approximate surface area is 147 Å². The van der Waals surface area contributed by atoms with Crippen LogP contribution in [0.4, 0.5) is 10.5 Å². The molecule has 132 valence electrons. The molecule has 2 aromatic carbocycles. The predicted molar refractivity (Wildman–Crippen MR) is 95.1 cm³/mol. The summed E-state index contributed by atoms with van der Waals surface area (Å²) in [5.41, 5.74) is 1.68. The van der Waals surface area contributed by atoms with E-state index in [1.807, 2.05) is 43.3 Å². The second kappa shape index (κ2) is 8.00. The van der Waals surface area contributed by atoms with Gasteiger partial charge in [-0.05, 0) is 36.8 Å². The number of hydrogen-bond donors (Lipinski definition) is 2. The SMILES string of the molecule is Cc1cccc(Oc2ccccc2NC(=O)N2CCOC[C@H]2CO)c1. The van der Waals surface area contributed by atoms with E-state index in [1.165, 1.54) is 0 Å². The molecule has 2 aromatic rings. The molecule has 1 heterocycles. The molecule has 0 unspecified atom stereocenters. The van der Waals surface area contributed by atoms with Crippen molar-refractivity contribution in [2.75, 3.05) is 31.7 Å². The maximum absolute atomic E-state index is 12.6. The van der Waals surface area contributed by atoms with Gasteiger partial charge in [0.2, 0.25) is 0 Å². The molecule has 0 bridgehead atoms. The zero-order valence-corrected chi connectivity index (χ0v) is 14.1. The highest BCUT2D eigenvalue weighted by atomic mass is 16.5. The Hall–Kier alpha value is -2.57. The molecule has 2 amide bonds. The lowest BCUT2D eigenvalue weighted by atomic mass is 10.2. The second-order valence-electron chi connectivity index (χ2n) is 5.95. The monoisotopic (exact) mass is 342 g/mol. The molecular weight excluding hydrogens is 320 g/mol. The zero-order valence-electron chi connectivity index (χ0n) is 14.1. The van der Waals surface area contributed by atoms with Crippen LogP contribution in [0, 0.1) is 6.92 Å². The topological polar surface area (TPSA) is 71.0 Å². The number of urea groups is 1. The van der Waals surface area contributed by atoms with Crippen LogP contribution in [0.5, 0.6) is 11.5 Å². The summed E-state index contributed by atoms with van der Waals surface area (Å²) in [6.07, 6.45) is 0. The summed E-state index contributed by atoms with van der Waals surface area (Å²) in [5, 5.41) is 12.3. The van der Waals surface area contributed by atoms with Gasteiger partial charge in [0.15, 0.2) is 5.75 Å². The molecule has 0 aromatic heterocycles. The number of aliphatic hydroxyl groups is 1. The maximum Gasteiger partial charge on any atom is 0.322 e. The highest BCUT2D eigenvalue weighted by Crippen LogP contribution is 2.30. The van der Waals surface area contributed by atoms with Crippen LogP contribution in [0.25, 0.3) is 0 Å². The summed E-state index contributed by atoms with van der Waals surface area (Å²) in [6, 6.07) is 14.4. The first-order chi connectivity index (χ1) is 12.2. The standard InChI is InChI=1S/C19H22N2O4/c1-14-5-4-6-16(11-14)25-18-8-3-2-7-17(18)20-19(23)21-9-10-24-13-15(21)12-22/h2-8,11,15,22H,9-10,12-13H2,1H3,(H,20,23)/t15-/m1/s1. The minimum absolute atomic E-state index is 0.130. The van der Waals surface area contributed by atoms with Crippen LogP contribution in [0.1, 0.15) is 5.56 Å². The quantitative estimate of drug-likeness (QED) is 0.896. The van der Waals surface area contributed by atoms with Crippen LogP contribution in [0.3, 0.4) is 0 Å². The van der Waals surface area contributed by atoms with Gasteiger partial charge in [-0.25, -0.2) is 4.79 Å². The molecule has 6 nitrogen and oxygen atoms in total. The summed E-state index contributed by atoms with van der Waals surface area (Å²) in [7, 11) is 0. The molecule has 25 heavy (non-hydrogen) atoms. The van der Waals surface area contributed by atoms with Crippen molar-refractivity contribution in [1.29, 1.82) is 0 Å². The maximum atomic E-state index is 12.6. The third-order valence-corrected chi connectivity index (χ3v) is 4.05. The average Bonchev–Trinajstić information content (AvgIpc) is 2.63. The number of aliphatic hydroxyl groups excluding tert-OH is 1. The van der Waals surface area contributed by atoms with Crippen molar-refractivity contribution in [3.63, 3.8) is 0 Å². The number of para-hydroxylation sites is 2. The van der Waals surface area contributed by atoms with Crippen LogP contribution >= 0.6 is 0 Å². The molecule has 0 saturated carbocycles. The summed E-state index contributed by atoms with van der Waals surface area (Å²) in [4.78, 5) is 14.2. The number of rotatable bonds is 4. The fraction of sp³-hybridized carbons (Fsp3) is 0.316. The molecule has 1 saturated heterocycles. The fourth-order valence-corrected chi connectivity index (χ4v) is 2.73. The minimum Gasteiger partial charge on any atom is -0.455 e. The van der Waals surface area contributed by atoms with Gasteiger partial charge in [0.25, 0.3) is 0 Å². The number of carbonyl (C=O) groups excluding carboxylic acids is 1. The number of aryl methyl sites for hydroxylation is 1. The molecule has 1 aliphatic heterocycles. The van der Waals surface area contributed by atoms with Gasteiger partial charge in [-0.3, -0.25) is 0 Å². The number of amides is 2. The van der Waals surface area contributed by atoms with E-state index in [1.54, 1.807) is 17.0 Å². The van der Waals surface area contributed by atoms with Crippen molar-refractivity contribution in [3.8, 4) is 11.5 Å². The number of benzene rings is 2. The van der Waals surface area contributed by atoms with E-state index in [0.29, 0.717) is 36.9 Å². The molecule has 2 N–H and O–H groups in total. The van der Waals surface area contributed by atoms with Crippen molar-refractivity contribution in [3.05, 3.63) is 54.1 Å². The lowest BCUT2D eigenvalue weighted by molar-refractivity contribution is -0.00485. The van der Waals surface area contributed by atoms with E-state index in [0.717, 1.165) is 5.56 Å². The molecule has 0 radical (unpaired) electrons. The second-order valence-corrected chi connectivity index (χ2v) is 5.95. The number of nitrogens with zero attached hydrogens (tertiary/aromatic N) is 1. The van der Waals surface area contributed by atoms with Crippen LogP contribution in [0.2, 0.25) is 0 Å². The lowest BCUT2D eigenvalue weighted by Gasteiger charge is -2.34. The van der Waals surface area contributed by atoms with Crippen molar-refractivity contribution in [1.82, 2.24) is 4.90 Å². The Balaban J connectivity index is 1.75. The van der Waals surface area contributed by atoms with Gasteiger partial charge in [-0.15, -0.1) is 0 Å². The summed E-state index contributed by atoms with van der Waals surface area (Å²) < 4.78 is 11.2. The molecule has 1 fully saturated rings. The van der Waals surface area contributed by atoms with Gasteiger partial charge < -0.3 is 24.8 Å². The molecule has 1 atom stereocenters. The van der Waals surface area contributed by atoms with Gasteiger partial charge >= 0.3 is 6.03 Å². The van der Waals surface area contributed by atoms with Crippen LogP contribution < -0.4 is 10.1 Å². The summed E-state index contributed by atoms with van der Waals surface area (Å²) in [6.45, 7) is 3.11. The Morgan fingerprint density at radius 3 is 2.96 bits per heavy atom. The molecule has 1 aliphatic rings. The fourth-order valence-electron chi connectivity index (χ4n) is 2.73. The van der Waals surface area contributed by atoms with Crippen molar-refractivity contribution >= 4 is 11.7 Å². The zero-order chi connectivity index (χ0) is 17.6. The van der Waals surface area contributed by atoms with E-state index < -0.39 is 0 Å². The number of nitrogens with one attached hydrogen (secondary N) is 1. The first kappa shape index (κ1) is 17.3. The Bertz CT molecular complexity index is 735. The van der Waals surface area contributed by atoms with E-state index >= 15 is 0 Å². The van der Waals surface area contributed by atoms with Crippen LogP contribution in [0.15, 0.2) is 48.5 Å². The summed E-state index contributed by atoms with van der Waals surface area (Å²) >= 11 is 0. The van der Waals surface area contributed by atoms with Crippen LogP contribution in [-0.2, 0) is 4.74 Å². The Kier molecular flexibility index (Phi) is 5.53.